The van der Waals surface area contributed by atoms with E-state index in [9.17, 15) is 115 Å². The van der Waals surface area contributed by atoms with E-state index in [0.717, 1.165) is 28.7 Å². The predicted molar refractivity (Wildman–Crippen MR) is 382 cm³/mol. The Morgan fingerprint density at radius 3 is 1.16 bits per heavy atom. The highest BCUT2D eigenvalue weighted by molar-refractivity contribution is 6.15. The fraction of sp³-hybridized carbons (Fsp3) is 0.540. The number of fused-ring (bicyclic) bond motifs is 8. The molecule has 6 heterocycles. The van der Waals surface area contributed by atoms with Crippen LogP contribution in [0, 0.1) is 142 Å². The van der Waals surface area contributed by atoms with Gasteiger partial charge in [0, 0.05) is 77.9 Å². The molecule has 30 heteroatoms. The van der Waals surface area contributed by atoms with Gasteiger partial charge < -0.3 is 28.4 Å². The van der Waals surface area contributed by atoms with E-state index in [1.807, 2.05) is 86.7 Å². The number of esters is 12. The summed E-state index contributed by atoms with van der Waals surface area (Å²) in [5, 5.41) is 0. The second-order valence-corrected chi connectivity index (χ2v) is 34.2. The van der Waals surface area contributed by atoms with Crippen molar-refractivity contribution in [3.8, 4) is 0 Å². The lowest BCUT2D eigenvalue weighted by Crippen LogP contribution is -2.63. The van der Waals surface area contributed by atoms with E-state index in [-0.39, 0.29) is 228 Å². The molecular formula is C87H80O30. The van der Waals surface area contributed by atoms with Gasteiger partial charge in [0.25, 0.3) is 0 Å². The van der Waals surface area contributed by atoms with Gasteiger partial charge in [0.15, 0.2) is 0 Å². The van der Waals surface area contributed by atoms with E-state index in [2.05, 4.69) is 18.9 Å². The van der Waals surface area contributed by atoms with Crippen molar-refractivity contribution in [2.75, 3.05) is 0 Å². The third-order valence-electron chi connectivity index (χ3n) is 28.6. The van der Waals surface area contributed by atoms with Crippen LogP contribution in [0.25, 0.3) is 0 Å². The summed E-state index contributed by atoms with van der Waals surface area (Å²) in [6.45, 7) is 4.00. The van der Waals surface area contributed by atoms with E-state index in [4.69, 9.17) is 9.47 Å². The lowest BCUT2D eigenvalue weighted by Gasteiger charge is -2.60. The lowest BCUT2D eigenvalue weighted by molar-refractivity contribution is -0.166. The summed E-state index contributed by atoms with van der Waals surface area (Å²) in [5.41, 5.74) is 3.59. The monoisotopic (exact) mass is 1600 g/mol. The van der Waals surface area contributed by atoms with Gasteiger partial charge in [-0.25, -0.2) is 0 Å². The van der Waals surface area contributed by atoms with Crippen LogP contribution in [0.1, 0.15) is 169 Å². The molecule has 16 fully saturated rings. The largest absolute Gasteiger partial charge is 0.393 e. The van der Waals surface area contributed by atoms with E-state index in [1.54, 1.807) is 0 Å². The maximum Gasteiger partial charge on any atom is 0.321 e. The van der Waals surface area contributed by atoms with Crippen LogP contribution in [0.2, 0.25) is 0 Å². The Kier molecular flexibility index (Phi) is 20.9. The summed E-state index contributed by atoms with van der Waals surface area (Å²) in [5.74, 6) is -15.5. The molecule has 0 spiro atoms. The van der Waals surface area contributed by atoms with Crippen molar-refractivity contribution < 1.29 is 143 Å². The van der Waals surface area contributed by atoms with Crippen LogP contribution in [-0.2, 0) is 143 Å². The summed E-state index contributed by atoms with van der Waals surface area (Å²) in [7, 11) is 0. The highest BCUT2D eigenvalue weighted by atomic mass is 16.6. The molecule has 6 saturated heterocycles. The quantitative estimate of drug-likeness (QED) is 0.169. The van der Waals surface area contributed by atoms with Crippen molar-refractivity contribution in [1.82, 2.24) is 0 Å². The predicted octanol–water partition coefficient (Wildman–Crippen LogP) is 4.73. The molecule has 10 saturated carbocycles. The average molecular weight is 1610 g/mol. The number of cyclic esters (lactones) is 12. The summed E-state index contributed by atoms with van der Waals surface area (Å²) >= 11 is 0. The average Bonchev–Trinajstić information content (AvgIpc) is 1.56. The molecule has 2 aromatic rings. The second-order valence-electron chi connectivity index (χ2n) is 34.2. The van der Waals surface area contributed by atoms with E-state index in [1.165, 1.54) is 0 Å². The zero-order valence-corrected chi connectivity index (χ0v) is 63.4. The summed E-state index contributed by atoms with van der Waals surface area (Å²) < 4.78 is 27.9. The minimum Gasteiger partial charge on any atom is -0.393 e. The van der Waals surface area contributed by atoms with E-state index >= 15 is 0 Å². The Bertz CT molecular complexity index is 4800. The zero-order chi connectivity index (χ0) is 83.1. The molecule has 2 aromatic carbocycles. The number of hydrogen-bond acceptors (Lipinski definition) is 30. The van der Waals surface area contributed by atoms with Gasteiger partial charge in [-0.2, -0.15) is 0 Å². The van der Waals surface area contributed by atoms with Gasteiger partial charge in [-0.05, 0) is 102 Å². The lowest BCUT2D eigenvalue weighted by atomic mass is 9.40. The van der Waals surface area contributed by atoms with Gasteiger partial charge in [0.05, 0.1) is 117 Å². The number of allylic oxidation sites excluding steroid dienone is 4. The highest BCUT2D eigenvalue weighted by Gasteiger charge is 2.74. The first kappa shape index (κ1) is 79.6. The fourth-order valence-electron chi connectivity index (χ4n) is 23.8. The molecule has 117 heavy (non-hydrogen) atoms. The molecule has 0 amide bonds. The molecular weight excluding hydrogens is 1520 g/mol. The summed E-state index contributed by atoms with van der Waals surface area (Å²) in [6.07, 6.45) is 11.5. The molecule has 16 aliphatic carbocycles. The third kappa shape index (κ3) is 13.6. The molecule has 28 atom stereocenters. The fourth-order valence-corrected chi connectivity index (χ4v) is 23.8. The van der Waals surface area contributed by atoms with Crippen molar-refractivity contribution >= 4 is 141 Å². The molecule has 24 rings (SSSR count). The Balaban J connectivity index is 0.000000105. The molecule has 0 aromatic heterocycles. The van der Waals surface area contributed by atoms with Gasteiger partial charge in [-0.3, -0.25) is 115 Å². The number of rotatable bonds is 5. The minimum atomic E-state index is -0.721. The van der Waals surface area contributed by atoms with E-state index < -0.39 is 143 Å². The van der Waals surface area contributed by atoms with Crippen molar-refractivity contribution in [3.05, 3.63) is 95.1 Å². The molecule has 0 N–H and O–H groups in total. The first-order valence-electron chi connectivity index (χ1n) is 40.3. The number of carbonyl (C=O) groups is 24. The Morgan fingerprint density at radius 1 is 0.265 bits per heavy atom. The Hall–Kier alpha value is -11.2. The Morgan fingerprint density at radius 2 is 0.667 bits per heavy atom. The Labute approximate surface area is 665 Å². The molecule has 4 bridgehead atoms. The van der Waals surface area contributed by atoms with Crippen LogP contribution in [0.15, 0.2) is 72.8 Å². The zero-order valence-electron chi connectivity index (χ0n) is 63.4. The summed E-state index contributed by atoms with van der Waals surface area (Å²) in [4.78, 5) is 280. The molecule has 28 unspecified atom stereocenters. The van der Waals surface area contributed by atoms with Gasteiger partial charge in [0.2, 0.25) is 0 Å². The molecule has 608 valence electrons. The number of Topliss-reactive ketones (excluding diaryl/α,β-unsaturated/α-hetero) is 12. The van der Waals surface area contributed by atoms with Crippen molar-refractivity contribution in [2.24, 2.45) is 142 Å². The third-order valence-corrected chi connectivity index (χ3v) is 28.6. The van der Waals surface area contributed by atoms with Crippen LogP contribution in [0.4, 0.5) is 0 Å². The van der Waals surface area contributed by atoms with Crippen molar-refractivity contribution in [3.63, 3.8) is 0 Å². The van der Waals surface area contributed by atoms with Gasteiger partial charge in [0.1, 0.15) is 69.4 Å². The standard InChI is InChI=1S/C18H16O5.C17H14O5.C15H12O5.C13H10O5.C13H14O5.C9H8O5.C2H6/c19-11-6-10(15(20)8-11)5-9-7-14-16(18(22)23-17(14)21)13-4-2-1-3-12(9)13;18-13-7-14(19)16-9-4-2-1-3-8(9)10(5-12(13)16)11-6-15(20)22-17(11)21;16-6-3-7(17)13-9-5-2-1-4(8(9)12(6)13)10-11(5)15(19)20-14(10)18;14-6-3-7(15)9-5-2-1-4(8(6)9)10-11(5)13(17)18-12(10)16;14-10-5-11(15)9-3-6(1-2-7(9)10)8-4-12(16)18-13(8)17;10-4-1-5(7(11)2-4)6-3-8(12)14-9(6)13;1-2/h1-4,9-10,14,16H,5-8H2;1-4,10-12,16H,5-7H2;1-2,4-5,8-13H,3H2;1-2,4-5,8-11H,3H2;6-9H,1-5H2;5-6H,1-3H2;1-2H3. The number of carbonyl (C=O) groups excluding carboxylic acids is 24. The first-order valence-corrected chi connectivity index (χ1v) is 40.3. The molecule has 30 nitrogen and oxygen atoms in total. The first-order chi connectivity index (χ1) is 55.9. The maximum atomic E-state index is 12.2. The van der Waals surface area contributed by atoms with Crippen LogP contribution in [-0.4, -0.2) is 141 Å². The van der Waals surface area contributed by atoms with Crippen LogP contribution in [0.5, 0.6) is 0 Å². The minimum absolute atomic E-state index is 0.000297. The van der Waals surface area contributed by atoms with Gasteiger partial charge in [-0.15, -0.1) is 0 Å². The topological polar surface area (TPSA) is 465 Å². The van der Waals surface area contributed by atoms with Gasteiger partial charge >= 0.3 is 71.6 Å². The normalized spacial score (nSPS) is 39.6. The molecule has 0 radical (unpaired) electrons. The number of benzene rings is 2. The van der Waals surface area contributed by atoms with Crippen LogP contribution >= 0.6 is 0 Å². The van der Waals surface area contributed by atoms with Crippen molar-refractivity contribution in [2.45, 2.75) is 147 Å². The second kappa shape index (κ2) is 30.7. The highest BCUT2D eigenvalue weighted by Crippen LogP contribution is 2.68. The van der Waals surface area contributed by atoms with Crippen LogP contribution < -0.4 is 0 Å². The van der Waals surface area contributed by atoms with Crippen molar-refractivity contribution in [1.29, 1.82) is 0 Å². The smallest absolute Gasteiger partial charge is 0.321 e. The number of ketones is 12. The SMILES string of the molecule is CC.O=C1CC(=O)C(C2CC(=O)OC2=O)C1.O=C1CC(=O)C(CC2CC3C(=O)OC(=O)C3c3ccccc32)C1.O=C1CC(=O)C2C3C=CC(C12)C1C(=O)OC(=O)C31.O=C1CC(C2CC3C(=O)CC(=O)C3c3ccccc32)C(=O)O1.O=C1CC(C2CCC3C(=O)CC(=O)C3C2)C(=O)O1.O=C1OC(=O)C2C3C=CC(C12)C1C2C(=O)CC(=O)C2C31. The number of hydrogen-bond donors (Lipinski definition) is 0. The maximum absolute atomic E-state index is 12.2. The summed E-state index contributed by atoms with van der Waals surface area (Å²) in [6, 6.07) is 15.0. The number of ether oxygens (including phenoxy) is 6. The van der Waals surface area contributed by atoms with Crippen LogP contribution in [0.3, 0.4) is 0 Å². The van der Waals surface area contributed by atoms with E-state index in [0.29, 0.717) is 38.5 Å². The molecule has 22 aliphatic rings. The van der Waals surface area contributed by atoms with Gasteiger partial charge in [-0.1, -0.05) is 86.7 Å². The molecule has 6 aliphatic heterocycles.